The lowest BCUT2D eigenvalue weighted by molar-refractivity contribution is 0.314. The molecule has 0 aliphatic heterocycles. The van der Waals surface area contributed by atoms with Gasteiger partial charge in [0.15, 0.2) is 5.03 Å². The van der Waals surface area contributed by atoms with Crippen molar-refractivity contribution in [1.82, 2.24) is 14.5 Å². The second-order valence-electron chi connectivity index (χ2n) is 4.77. The summed E-state index contributed by atoms with van der Waals surface area (Å²) < 4.78 is 26.3. The molecule has 0 saturated carbocycles. The monoisotopic (exact) mass is 293 g/mol. The summed E-state index contributed by atoms with van der Waals surface area (Å²) in [5.74, 6) is 0.352. The highest BCUT2D eigenvalue weighted by Crippen LogP contribution is 2.24. The lowest BCUT2D eigenvalue weighted by Gasteiger charge is -2.26. The van der Waals surface area contributed by atoms with Gasteiger partial charge in [-0.2, -0.15) is 9.40 Å². The fraction of sp³-hybridized carbons (Fsp3) is 0.727. The number of rotatable bonds is 5. The second kappa shape index (κ2) is 5.59. The van der Waals surface area contributed by atoms with Crippen LogP contribution in [0.5, 0.6) is 0 Å². The van der Waals surface area contributed by atoms with E-state index in [1.807, 2.05) is 20.8 Å². The number of nitrogens with one attached hydrogen (secondary N) is 1. The third-order valence-corrected chi connectivity index (χ3v) is 5.52. The Hall–Kier alpha value is -0.590. The standard InChI is InChI=1S/C11H20ClN3O2S/c1-7(2)9(4)15(5)18(16,17)11-10(6-12)8(3)13-14-11/h7,9H,6H2,1-5H3,(H,13,14). The topological polar surface area (TPSA) is 66.1 Å². The van der Waals surface area contributed by atoms with Crippen LogP contribution in [-0.2, 0) is 15.9 Å². The summed E-state index contributed by atoms with van der Waals surface area (Å²) >= 11 is 5.79. The second-order valence-corrected chi connectivity index (χ2v) is 6.95. The smallest absolute Gasteiger partial charge is 0.262 e. The molecule has 0 amide bonds. The average molecular weight is 294 g/mol. The molecule has 0 radical (unpaired) electrons. The molecule has 0 bridgehead atoms. The first-order valence-electron chi connectivity index (χ1n) is 5.81. The maximum atomic E-state index is 12.5. The van der Waals surface area contributed by atoms with Gasteiger partial charge in [0, 0.05) is 24.3 Å². The van der Waals surface area contributed by atoms with Crippen LogP contribution < -0.4 is 0 Å². The van der Waals surface area contributed by atoms with Crippen LogP contribution in [0.4, 0.5) is 0 Å². The van der Waals surface area contributed by atoms with Crippen molar-refractivity contribution in [2.24, 2.45) is 5.92 Å². The Bertz CT molecular complexity index is 510. The normalized spacial score (nSPS) is 14.4. The Morgan fingerprint density at radius 2 is 1.94 bits per heavy atom. The summed E-state index contributed by atoms with van der Waals surface area (Å²) in [6, 6.07) is -0.102. The molecule has 1 atom stereocenters. The number of H-pyrrole nitrogens is 1. The highest BCUT2D eigenvalue weighted by Gasteiger charge is 2.31. The number of nitrogens with zero attached hydrogens (tertiary/aromatic N) is 2. The van der Waals surface area contributed by atoms with E-state index in [9.17, 15) is 8.42 Å². The zero-order valence-electron chi connectivity index (χ0n) is 11.4. The van der Waals surface area contributed by atoms with Gasteiger partial charge < -0.3 is 0 Å². The number of sulfonamides is 1. The molecule has 0 saturated heterocycles. The van der Waals surface area contributed by atoms with Crippen LogP contribution in [0.25, 0.3) is 0 Å². The Kier molecular flexibility index (Phi) is 4.80. The molecule has 5 nitrogen and oxygen atoms in total. The van der Waals surface area contributed by atoms with Gasteiger partial charge in [0.2, 0.25) is 0 Å². The zero-order valence-corrected chi connectivity index (χ0v) is 12.9. The van der Waals surface area contributed by atoms with Gasteiger partial charge in [-0.25, -0.2) is 8.42 Å². The van der Waals surface area contributed by atoms with Crippen LogP contribution in [0.2, 0.25) is 0 Å². The van der Waals surface area contributed by atoms with E-state index in [0.717, 1.165) is 0 Å². The summed E-state index contributed by atoms with van der Waals surface area (Å²) in [7, 11) is -2.03. The quantitative estimate of drug-likeness (QED) is 0.846. The molecule has 1 aromatic heterocycles. The molecule has 18 heavy (non-hydrogen) atoms. The summed E-state index contributed by atoms with van der Waals surface area (Å²) in [6.45, 7) is 7.60. The Morgan fingerprint density at radius 1 is 1.39 bits per heavy atom. The van der Waals surface area contributed by atoms with Crippen LogP contribution in [0.3, 0.4) is 0 Å². The minimum atomic E-state index is -3.60. The number of halogens is 1. The largest absolute Gasteiger partial charge is 0.281 e. The van der Waals surface area contributed by atoms with Gasteiger partial charge in [-0.1, -0.05) is 13.8 Å². The molecule has 0 aliphatic carbocycles. The molecule has 1 heterocycles. The van der Waals surface area contributed by atoms with E-state index in [-0.39, 0.29) is 22.9 Å². The van der Waals surface area contributed by atoms with Gasteiger partial charge in [0.05, 0.1) is 5.88 Å². The molecule has 1 N–H and O–H groups in total. The first-order valence-corrected chi connectivity index (χ1v) is 7.78. The van der Waals surface area contributed by atoms with Crippen molar-refractivity contribution in [2.45, 2.75) is 44.6 Å². The molecular formula is C11H20ClN3O2S. The Balaban J connectivity index is 3.21. The average Bonchev–Trinajstić information content (AvgIpc) is 2.68. The van der Waals surface area contributed by atoms with Gasteiger partial charge in [0.1, 0.15) is 0 Å². The van der Waals surface area contributed by atoms with Crippen molar-refractivity contribution >= 4 is 21.6 Å². The van der Waals surface area contributed by atoms with E-state index in [0.29, 0.717) is 11.3 Å². The van der Waals surface area contributed by atoms with Crippen molar-refractivity contribution in [2.75, 3.05) is 7.05 Å². The van der Waals surface area contributed by atoms with Crippen LogP contribution in [0, 0.1) is 12.8 Å². The first kappa shape index (κ1) is 15.5. The van der Waals surface area contributed by atoms with Crippen molar-refractivity contribution in [3.05, 3.63) is 11.3 Å². The molecule has 1 aromatic rings. The van der Waals surface area contributed by atoms with E-state index in [1.54, 1.807) is 14.0 Å². The van der Waals surface area contributed by atoms with Gasteiger partial charge in [0.25, 0.3) is 10.0 Å². The van der Waals surface area contributed by atoms with Crippen molar-refractivity contribution in [1.29, 1.82) is 0 Å². The summed E-state index contributed by atoms with van der Waals surface area (Å²) in [6.07, 6.45) is 0. The van der Waals surface area contributed by atoms with Crippen LogP contribution in [-0.4, -0.2) is 36.0 Å². The number of aromatic amines is 1. The predicted octanol–water partition coefficient (Wildman–Crippen LogP) is 2.12. The van der Waals surface area contributed by atoms with Gasteiger partial charge in [-0.3, -0.25) is 5.10 Å². The first-order chi connectivity index (χ1) is 8.23. The van der Waals surface area contributed by atoms with Gasteiger partial charge >= 0.3 is 0 Å². The van der Waals surface area contributed by atoms with E-state index >= 15 is 0 Å². The van der Waals surface area contributed by atoms with E-state index in [1.165, 1.54) is 4.31 Å². The molecule has 7 heteroatoms. The van der Waals surface area contributed by atoms with E-state index in [2.05, 4.69) is 10.2 Å². The molecule has 1 unspecified atom stereocenters. The summed E-state index contributed by atoms with van der Waals surface area (Å²) in [5, 5.41) is 6.59. The maximum absolute atomic E-state index is 12.5. The van der Waals surface area contributed by atoms with Crippen LogP contribution in [0.15, 0.2) is 5.03 Å². The SMILES string of the molecule is Cc1[nH]nc(S(=O)(=O)N(C)C(C)C(C)C)c1CCl. The van der Waals surface area contributed by atoms with E-state index in [4.69, 9.17) is 11.6 Å². The minimum absolute atomic E-state index is 0.0324. The molecule has 1 rings (SSSR count). The van der Waals surface area contributed by atoms with E-state index < -0.39 is 10.0 Å². The number of hydrogen-bond acceptors (Lipinski definition) is 3. The van der Waals surface area contributed by atoms with Crippen LogP contribution in [0.1, 0.15) is 32.0 Å². The molecule has 0 aliphatic rings. The van der Waals surface area contributed by atoms with Crippen LogP contribution >= 0.6 is 11.6 Å². The number of alkyl halides is 1. The molecule has 0 fully saturated rings. The molecule has 104 valence electrons. The number of hydrogen-bond donors (Lipinski definition) is 1. The van der Waals surface area contributed by atoms with Gasteiger partial charge in [-0.05, 0) is 19.8 Å². The Labute approximate surface area is 114 Å². The minimum Gasteiger partial charge on any atom is -0.281 e. The number of aryl methyl sites for hydroxylation is 1. The third-order valence-electron chi connectivity index (χ3n) is 3.33. The highest BCUT2D eigenvalue weighted by atomic mass is 35.5. The van der Waals surface area contributed by atoms with Crippen molar-refractivity contribution in [3.63, 3.8) is 0 Å². The summed E-state index contributed by atoms with van der Waals surface area (Å²) in [5.41, 5.74) is 1.23. The van der Waals surface area contributed by atoms with Crippen molar-refractivity contribution < 1.29 is 8.42 Å². The highest BCUT2D eigenvalue weighted by molar-refractivity contribution is 7.89. The maximum Gasteiger partial charge on any atom is 0.262 e. The fourth-order valence-corrected chi connectivity index (χ4v) is 3.63. The third kappa shape index (κ3) is 2.70. The lowest BCUT2D eigenvalue weighted by Crippen LogP contribution is -2.38. The Morgan fingerprint density at radius 3 is 2.39 bits per heavy atom. The fourth-order valence-electron chi connectivity index (χ4n) is 1.58. The molecule has 0 aromatic carbocycles. The molecule has 0 spiro atoms. The van der Waals surface area contributed by atoms with Crippen molar-refractivity contribution in [3.8, 4) is 0 Å². The summed E-state index contributed by atoms with van der Waals surface area (Å²) in [4.78, 5) is 0. The van der Waals surface area contributed by atoms with Gasteiger partial charge in [-0.15, -0.1) is 11.6 Å². The zero-order chi connectivity index (χ0) is 14.1. The lowest BCUT2D eigenvalue weighted by atomic mass is 10.1. The predicted molar refractivity (Wildman–Crippen MR) is 72.1 cm³/mol. The number of aromatic nitrogens is 2. The molecular weight excluding hydrogens is 274 g/mol.